The molecule has 0 fully saturated rings. The minimum absolute atomic E-state index is 0.574. The highest BCUT2D eigenvalue weighted by atomic mass is 16.5. The summed E-state index contributed by atoms with van der Waals surface area (Å²) in [5.41, 5.74) is 0. The lowest BCUT2D eigenvalue weighted by Gasteiger charge is -2.07. The molecule has 0 saturated carbocycles. The molecule has 3 nitrogen and oxygen atoms in total. The van der Waals surface area contributed by atoms with E-state index in [0.29, 0.717) is 6.61 Å². The first-order valence-electron chi connectivity index (χ1n) is 8.03. The number of rotatable bonds is 14. The highest BCUT2D eigenvalue weighted by Crippen LogP contribution is 2.11. The van der Waals surface area contributed by atoms with Crippen molar-refractivity contribution < 1.29 is 14.6 Å². The molecule has 1 unspecified atom stereocenters. The number of hydrogen-bond acceptors (Lipinski definition) is 2. The zero-order valence-corrected chi connectivity index (χ0v) is 12.8. The van der Waals surface area contributed by atoms with E-state index >= 15 is 0 Å². The summed E-state index contributed by atoms with van der Waals surface area (Å²) in [6, 6.07) is 0. The third-order valence-electron chi connectivity index (χ3n) is 3.46. The Morgan fingerprint density at radius 3 is 1.74 bits per heavy atom. The third-order valence-corrected chi connectivity index (χ3v) is 3.46. The van der Waals surface area contributed by atoms with E-state index in [1.807, 2.05) is 0 Å². The fourth-order valence-electron chi connectivity index (χ4n) is 2.10. The van der Waals surface area contributed by atoms with Gasteiger partial charge in [-0.15, -0.1) is 0 Å². The summed E-state index contributed by atoms with van der Waals surface area (Å²) in [5, 5.41) is 8.63. The smallest absolute Gasteiger partial charge is 0.332 e. The molecular weight excluding hydrogens is 240 g/mol. The third kappa shape index (κ3) is 13.7. The van der Waals surface area contributed by atoms with E-state index in [0.717, 1.165) is 12.8 Å². The van der Waals surface area contributed by atoms with Gasteiger partial charge in [0.25, 0.3) is 0 Å². The minimum atomic E-state index is -0.872. The number of ether oxygens (including phenoxy) is 1. The van der Waals surface area contributed by atoms with Crippen LogP contribution in [0.1, 0.15) is 84.5 Å². The Morgan fingerprint density at radius 2 is 1.32 bits per heavy atom. The van der Waals surface area contributed by atoms with E-state index in [4.69, 9.17) is 9.84 Å². The van der Waals surface area contributed by atoms with Crippen LogP contribution in [0.4, 0.5) is 0 Å². The first-order chi connectivity index (χ1) is 9.18. The van der Waals surface area contributed by atoms with Gasteiger partial charge < -0.3 is 9.84 Å². The molecule has 0 saturated heterocycles. The van der Waals surface area contributed by atoms with Crippen molar-refractivity contribution in [1.29, 1.82) is 0 Å². The van der Waals surface area contributed by atoms with Crippen LogP contribution in [0.3, 0.4) is 0 Å². The van der Waals surface area contributed by atoms with Gasteiger partial charge in [0, 0.05) is 6.61 Å². The van der Waals surface area contributed by atoms with Crippen molar-refractivity contribution in [2.24, 2.45) is 0 Å². The fraction of sp³-hybridized carbons (Fsp3) is 0.938. The number of carboxylic acid groups (broad SMARTS) is 1. The summed E-state index contributed by atoms with van der Waals surface area (Å²) < 4.78 is 5.19. The summed E-state index contributed by atoms with van der Waals surface area (Å²) in [6.45, 7) is 4.41. The topological polar surface area (TPSA) is 46.5 Å². The highest BCUT2D eigenvalue weighted by molar-refractivity contribution is 5.71. The van der Waals surface area contributed by atoms with Crippen LogP contribution in [0.15, 0.2) is 0 Å². The molecule has 1 atom stereocenters. The van der Waals surface area contributed by atoms with Crippen molar-refractivity contribution in [3.05, 3.63) is 0 Å². The SMILES string of the molecule is CCCCCCCCCCCCCOC(C)C(=O)O. The Morgan fingerprint density at radius 1 is 0.895 bits per heavy atom. The maximum Gasteiger partial charge on any atom is 0.332 e. The van der Waals surface area contributed by atoms with Gasteiger partial charge in [0.2, 0.25) is 0 Å². The Kier molecular flexibility index (Phi) is 13.4. The second-order valence-corrected chi connectivity index (χ2v) is 5.39. The Hall–Kier alpha value is -0.570. The monoisotopic (exact) mass is 272 g/mol. The van der Waals surface area contributed by atoms with Crippen molar-refractivity contribution in [1.82, 2.24) is 0 Å². The van der Waals surface area contributed by atoms with E-state index in [1.165, 1.54) is 57.8 Å². The molecule has 0 spiro atoms. The lowest BCUT2D eigenvalue weighted by atomic mass is 10.1. The number of carboxylic acids is 1. The molecule has 0 aromatic heterocycles. The Labute approximate surface area is 118 Å². The van der Waals surface area contributed by atoms with Crippen molar-refractivity contribution in [2.75, 3.05) is 6.61 Å². The predicted molar refractivity (Wildman–Crippen MR) is 79.5 cm³/mol. The molecule has 0 amide bonds. The first-order valence-corrected chi connectivity index (χ1v) is 8.03. The van der Waals surface area contributed by atoms with Gasteiger partial charge in [-0.25, -0.2) is 4.79 Å². The van der Waals surface area contributed by atoms with Crippen molar-refractivity contribution in [2.45, 2.75) is 90.6 Å². The molecule has 0 aliphatic carbocycles. The summed E-state index contributed by atoms with van der Waals surface area (Å²) in [6.07, 6.45) is 13.6. The average Bonchev–Trinajstić information content (AvgIpc) is 2.39. The molecule has 19 heavy (non-hydrogen) atoms. The quantitative estimate of drug-likeness (QED) is 0.463. The van der Waals surface area contributed by atoms with Gasteiger partial charge in [-0.2, -0.15) is 0 Å². The maximum atomic E-state index is 10.5. The second kappa shape index (κ2) is 13.9. The lowest BCUT2D eigenvalue weighted by molar-refractivity contribution is -0.149. The van der Waals surface area contributed by atoms with Crippen molar-refractivity contribution in [3.63, 3.8) is 0 Å². The molecule has 0 aliphatic rings. The predicted octanol–water partition coefficient (Wildman–Crippen LogP) is 4.79. The van der Waals surface area contributed by atoms with Crippen molar-refractivity contribution >= 4 is 5.97 Å². The molecule has 0 radical (unpaired) electrons. The molecule has 0 rings (SSSR count). The van der Waals surface area contributed by atoms with Gasteiger partial charge in [-0.3, -0.25) is 0 Å². The van der Waals surface area contributed by atoms with Gasteiger partial charge in [0.1, 0.15) is 0 Å². The summed E-state index contributed by atoms with van der Waals surface area (Å²) >= 11 is 0. The number of aliphatic carboxylic acids is 1. The Balaban J connectivity index is 3.05. The number of hydrogen-bond donors (Lipinski definition) is 1. The van der Waals surface area contributed by atoms with Gasteiger partial charge in [-0.05, 0) is 13.3 Å². The fourth-order valence-corrected chi connectivity index (χ4v) is 2.10. The molecule has 0 heterocycles. The molecule has 0 bridgehead atoms. The van der Waals surface area contributed by atoms with Crippen molar-refractivity contribution in [3.8, 4) is 0 Å². The van der Waals surface area contributed by atoms with Crippen LogP contribution in [-0.2, 0) is 9.53 Å². The van der Waals surface area contributed by atoms with E-state index in [9.17, 15) is 4.79 Å². The Bertz CT molecular complexity index is 204. The molecule has 1 N–H and O–H groups in total. The molecule has 0 aromatic carbocycles. The van der Waals surface area contributed by atoms with Crippen LogP contribution in [0.5, 0.6) is 0 Å². The molecule has 0 aromatic rings. The van der Waals surface area contributed by atoms with Gasteiger partial charge in [0.05, 0.1) is 0 Å². The molecule has 0 aliphatic heterocycles. The summed E-state index contributed by atoms with van der Waals surface area (Å²) in [4.78, 5) is 10.5. The zero-order chi connectivity index (χ0) is 14.3. The lowest BCUT2D eigenvalue weighted by Crippen LogP contribution is -2.20. The standard InChI is InChI=1S/C16H32O3/c1-3-4-5-6-7-8-9-10-11-12-13-14-19-15(2)16(17)18/h15H,3-14H2,1-2H3,(H,17,18). The second-order valence-electron chi connectivity index (χ2n) is 5.39. The van der Waals surface area contributed by atoms with Crippen LogP contribution < -0.4 is 0 Å². The summed E-state index contributed by atoms with van der Waals surface area (Å²) in [5.74, 6) is -0.872. The van der Waals surface area contributed by atoms with Crippen LogP contribution in [0.2, 0.25) is 0 Å². The van der Waals surface area contributed by atoms with Gasteiger partial charge >= 0.3 is 5.97 Å². The number of unbranched alkanes of at least 4 members (excludes halogenated alkanes) is 10. The minimum Gasteiger partial charge on any atom is -0.479 e. The zero-order valence-electron chi connectivity index (χ0n) is 12.8. The molecule has 114 valence electrons. The van der Waals surface area contributed by atoms with E-state index in [-0.39, 0.29) is 0 Å². The van der Waals surface area contributed by atoms with Gasteiger partial charge in [-0.1, -0.05) is 71.1 Å². The highest BCUT2D eigenvalue weighted by Gasteiger charge is 2.09. The van der Waals surface area contributed by atoms with Crippen LogP contribution in [0.25, 0.3) is 0 Å². The van der Waals surface area contributed by atoms with Crippen LogP contribution in [-0.4, -0.2) is 23.8 Å². The molecule has 3 heteroatoms. The van der Waals surface area contributed by atoms with Gasteiger partial charge in [0.15, 0.2) is 6.10 Å². The largest absolute Gasteiger partial charge is 0.479 e. The number of carbonyl (C=O) groups is 1. The first kappa shape index (κ1) is 18.4. The van der Waals surface area contributed by atoms with E-state index in [1.54, 1.807) is 6.92 Å². The van der Waals surface area contributed by atoms with E-state index in [2.05, 4.69) is 6.92 Å². The normalized spacial score (nSPS) is 12.5. The summed E-state index contributed by atoms with van der Waals surface area (Å²) in [7, 11) is 0. The van der Waals surface area contributed by atoms with E-state index < -0.39 is 12.1 Å². The molecular formula is C16H32O3. The average molecular weight is 272 g/mol. The maximum absolute atomic E-state index is 10.5. The van der Waals surface area contributed by atoms with Crippen LogP contribution >= 0.6 is 0 Å². The van der Waals surface area contributed by atoms with Crippen LogP contribution in [0, 0.1) is 0 Å².